The molecule has 122 valence electrons. The van der Waals surface area contributed by atoms with Crippen LogP contribution in [0.2, 0.25) is 10.0 Å². The summed E-state index contributed by atoms with van der Waals surface area (Å²) in [5.74, 6) is 0.364. The predicted octanol–water partition coefficient (Wildman–Crippen LogP) is 4.13. The SMILES string of the molecule is CCOC(=O)CN(C)c1ccc(Nc2ccc(Cl)cn2)c(Cl)c1. The molecule has 7 heteroatoms. The van der Waals surface area contributed by atoms with Crippen molar-refractivity contribution in [1.29, 1.82) is 0 Å². The Hall–Kier alpha value is -1.98. The van der Waals surface area contributed by atoms with E-state index in [0.29, 0.717) is 22.5 Å². The lowest BCUT2D eigenvalue weighted by molar-refractivity contribution is -0.141. The Kier molecular flexibility index (Phi) is 6.07. The fourth-order valence-electron chi connectivity index (χ4n) is 1.92. The molecule has 5 nitrogen and oxygen atoms in total. The van der Waals surface area contributed by atoms with Gasteiger partial charge in [0.25, 0.3) is 0 Å². The van der Waals surface area contributed by atoms with Gasteiger partial charge in [0.15, 0.2) is 0 Å². The summed E-state index contributed by atoms with van der Waals surface area (Å²) in [5.41, 5.74) is 1.53. The highest BCUT2D eigenvalue weighted by Crippen LogP contribution is 2.29. The fraction of sp³-hybridized carbons (Fsp3) is 0.250. The average Bonchev–Trinajstić information content (AvgIpc) is 2.51. The number of likely N-dealkylation sites (N-methyl/N-ethyl adjacent to an activating group) is 1. The number of aromatic nitrogens is 1. The second-order valence-electron chi connectivity index (χ2n) is 4.81. The lowest BCUT2D eigenvalue weighted by Gasteiger charge is -2.19. The zero-order valence-electron chi connectivity index (χ0n) is 12.8. The average molecular weight is 354 g/mol. The van der Waals surface area contributed by atoms with Gasteiger partial charge in [-0.3, -0.25) is 4.79 Å². The second kappa shape index (κ2) is 8.04. The number of pyridine rings is 1. The Morgan fingerprint density at radius 1 is 1.30 bits per heavy atom. The first-order chi connectivity index (χ1) is 11.0. The van der Waals surface area contributed by atoms with E-state index in [1.807, 2.05) is 12.1 Å². The summed E-state index contributed by atoms with van der Waals surface area (Å²) in [6.45, 7) is 2.31. The third-order valence-electron chi connectivity index (χ3n) is 3.06. The van der Waals surface area contributed by atoms with Gasteiger partial charge in [0.05, 0.1) is 22.3 Å². The maximum atomic E-state index is 11.5. The molecule has 0 radical (unpaired) electrons. The minimum Gasteiger partial charge on any atom is -0.465 e. The number of nitrogens with one attached hydrogen (secondary N) is 1. The summed E-state index contributed by atoms with van der Waals surface area (Å²) in [5, 5.41) is 4.21. The zero-order chi connectivity index (χ0) is 16.8. The molecule has 0 aliphatic rings. The van der Waals surface area contributed by atoms with Crippen LogP contribution in [0.4, 0.5) is 17.2 Å². The summed E-state index contributed by atoms with van der Waals surface area (Å²) in [6, 6.07) is 8.98. The van der Waals surface area contributed by atoms with Gasteiger partial charge in [-0.15, -0.1) is 0 Å². The molecule has 2 aromatic rings. The number of ether oxygens (including phenoxy) is 1. The zero-order valence-corrected chi connectivity index (χ0v) is 14.4. The van der Waals surface area contributed by atoms with Crippen molar-refractivity contribution in [2.75, 3.05) is 30.4 Å². The van der Waals surface area contributed by atoms with Crippen LogP contribution in [0.3, 0.4) is 0 Å². The maximum absolute atomic E-state index is 11.5. The Labute approximate surface area is 145 Å². The van der Waals surface area contributed by atoms with Gasteiger partial charge >= 0.3 is 5.97 Å². The minimum atomic E-state index is -0.279. The van der Waals surface area contributed by atoms with Crippen LogP contribution in [0.5, 0.6) is 0 Å². The number of anilines is 3. The molecule has 1 N–H and O–H groups in total. The molecule has 0 spiro atoms. The van der Waals surface area contributed by atoms with E-state index in [2.05, 4.69) is 10.3 Å². The lowest BCUT2D eigenvalue weighted by Crippen LogP contribution is -2.27. The highest BCUT2D eigenvalue weighted by atomic mass is 35.5. The molecular formula is C16H17Cl2N3O2. The van der Waals surface area contributed by atoms with Crippen LogP contribution in [0.15, 0.2) is 36.5 Å². The molecule has 1 aromatic heterocycles. The van der Waals surface area contributed by atoms with Crippen molar-refractivity contribution in [2.24, 2.45) is 0 Å². The molecule has 0 bridgehead atoms. The number of hydrogen-bond acceptors (Lipinski definition) is 5. The van der Waals surface area contributed by atoms with Crippen molar-refractivity contribution in [1.82, 2.24) is 4.98 Å². The first-order valence-electron chi connectivity index (χ1n) is 7.04. The Bertz CT molecular complexity index is 678. The van der Waals surface area contributed by atoms with Gasteiger partial charge in [0.1, 0.15) is 12.4 Å². The first-order valence-corrected chi connectivity index (χ1v) is 7.80. The van der Waals surface area contributed by atoms with Gasteiger partial charge in [-0.25, -0.2) is 4.98 Å². The number of benzene rings is 1. The van der Waals surface area contributed by atoms with Crippen LogP contribution in [0, 0.1) is 0 Å². The van der Waals surface area contributed by atoms with E-state index in [1.54, 1.807) is 43.3 Å². The normalized spacial score (nSPS) is 10.3. The fourth-order valence-corrected chi connectivity index (χ4v) is 2.26. The van der Waals surface area contributed by atoms with Crippen LogP contribution in [-0.4, -0.2) is 31.2 Å². The van der Waals surface area contributed by atoms with Crippen LogP contribution in [-0.2, 0) is 9.53 Å². The van der Waals surface area contributed by atoms with E-state index >= 15 is 0 Å². The molecule has 0 saturated heterocycles. The van der Waals surface area contributed by atoms with Gasteiger partial charge in [-0.2, -0.15) is 0 Å². The van der Waals surface area contributed by atoms with Crippen LogP contribution in [0.1, 0.15) is 6.92 Å². The molecule has 23 heavy (non-hydrogen) atoms. The van der Waals surface area contributed by atoms with Crippen molar-refractivity contribution >= 4 is 46.4 Å². The number of nitrogens with zero attached hydrogens (tertiary/aromatic N) is 2. The molecule has 0 aliphatic carbocycles. The van der Waals surface area contributed by atoms with Gasteiger partial charge in [-0.05, 0) is 37.3 Å². The smallest absolute Gasteiger partial charge is 0.325 e. The van der Waals surface area contributed by atoms with Crippen LogP contribution >= 0.6 is 23.2 Å². The van der Waals surface area contributed by atoms with Gasteiger partial charge in [0, 0.05) is 18.9 Å². The molecule has 0 fully saturated rings. The van der Waals surface area contributed by atoms with Gasteiger partial charge in [-0.1, -0.05) is 23.2 Å². The minimum absolute atomic E-state index is 0.162. The topological polar surface area (TPSA) is 54.5 Å². The quantitative estimate of drug-likeness (QED) is 0.791. The molecule has 1 aromatic carbocycles. The molecule has 0 aliphatic heterocycles. The summed E-state index contributed by atoms with van der Waals surface area (Å²) < 4.78 is 4.93. The maximum Gasteiger partial charge on any atom is 0.325 e. The number of carbonyl (C=O) groups is 1. The molecule has 0 atom stereocenters. The molecule has 2 rings (SSSR count). The molecule has 0 saturated carbocycles. The number of hydrogen-bond donors (Lipinski definition) is 1. The summed E-state index contributed by atoms with van der Waals surface area (Å²) in [4.78, 5) is 17.4. The molecule has 1 heterocycles. The summed E-state index contributed by atoms with van der Waals surface area (Å²) in [7, 11) is 1.80. The number of rotatable bonds is 6. The Balaban J connectivity index is 2.08. The Morgan fingerprint density at radius 2 is 2.09 bits per heavy atom. The van der Waals surface area contributed by atoms with E-state index in [1.165, 1.54) is 0 Å². The third-order valence-corrected chi connectivity index (χ3v) is 3.59. The van der Waals surface area contributed by atoms with Crippen molar-refractivity contribution in [2.45, 2.75) is 6.92 Å². The van der Waals surface area contributed by atoms with Crippen LogP contribution in [0.25, 0.3) is 0 Å². The van der Waals surface area contributed by atoms with E-state index in [4.69, 9.17) is 27.9 Å². The highest BCUT2D eigenvalue weighted by Gasteiger charge is 2.10. The number of esters is 1. The van der Waals surface area contributed by atoms with Gasteiger partial charge < -0.3 is 15.0 Å². The van der Waals surface area contributed by atoms with Crippen molar-refractivity contribution in [3.63, 3.8) is 0 Å². The number of carbonyl (C=O) groups excluding carboxylic acids is 1. The first kappa shape index (κ1) is 17.4. The second-order valence-corrected chi connectivity index (χ2v) is 5.66. The third kappa shape index (κ3) is 5.01. The number of halogens is 2. The standard InChI is InChI=1S/C16H17Cl2N3O2/c1-3-23-16(22)10-21(2)12-5-6-14(13(18)8-12)20-15-7-4-11(17)9-19-15/h4-9H,3,10H2,1-2H3,(H,19,20). The van der Waals surface area contributed by atoms with E-state index in [9.17, 15) is 4.79 Å². The van der Waals surface area contributed by atoms with E-state index in [-0.39, 0.29) is 12.5 Å². The van der Waals surface area contributed by atoms with E-state index < -0.39 is 0 Å². The van der Waals surface area contributed by atoms with Crippen molar-refractivity contribution < 1.29 is 9.53 Å². The molecule has 0 unspecified atom stereocenters. The van der Waals surface area contributed by atoms with Crippen molar-refractivity contribution in [3.05, 3.63) is 46.6 Å². The van der Waals surface area contributed by atoms with Gasteiger partial charge in [0.2, 0.25) is 0 Å². The predicted molar refractivity (Wildman–Crippen MR) is 93.9 cm³/mol. The Morgan fingerprint density at radius 3 is 2.70 bits per heavy atom. The summed E-state index contributed by atoms with van der Waals surface area (Å²) >= 11 is 12.1. The lowest BCUT2D eigenvalue weighted by atomic mass is 10.2. The monoisotopic (exact) mass is 353 g/mol. The van der Waals surface area contributed by atoms with Crippen molar-refractivity contribution in [3.8, 4) is 0 Å². The largest absolute Gasteiger partial charge is 0.465 e. The van der Waals surface area contributed by atoms with Crippen LogP contribution < -0.4 is 10.2 Å². The molecule has 0 amide bonds. The summed E-state index contributed by atoms with van der Waals surface area (Å²) in [6.07, 6.45) is 1.55. The molecular weight excluding hydrogens is 337 g/mol. The van der Waals surface area contributed by atoms with E-state index in [0.717, 1.165) is 11.4 Å². The highest BCUT2D eigenvalue weighted by molar-refractivity contribution is 6.33.